The molecule has 1 aliphatic heterocycles. The van der Waals surface area contributed by atoms with Gasteiger partial charge in [-0.3, -0.25) is 9.59 Å². The highest BCUT2D eigenvalue weighted by Gasteiger charge is 2.29. The molecule has 21 heavy (non-hydrogen) atoms. The third kappa shape index (κ3) is 4.70. The zero-order valence-corrected chi connectivity index (χ0v) is 13.1. The van der Waals surface area contributed by atoms with Crippen LogP contribution >= 0.6 is 0 Å². The summed E-state index contributed by atoms with van der Waals surface area (Å²) in [6, 6.07) is 0.231. The molecule has 1 aliphatic carbocycles. The van der Waals surface area contributed by atoms with Gasteiger partial charge in [-0.05, 0) is 44.4 Å². The minimum atomic E-state index is -0.0505. The van der Waals surface area contributed by atoms with Crippen LogP contribution in [-0.2, 0) is 9.59 Å². The third-order valence-electron chi connectivity index (χ3n) is 5.00. The SMILES string of the molecule is CC(C(=O)NCC(=O)N1CCCCC1)C1CCCC(N)C1. The van der Waals surface area contributed by atoms with Gasteiger partial charge in [0.25, 0.3) is 0 Å². The zero-order chi connectivity index (χ0) is 15.2. The molecule has 2 rings (SSSR count). The Balaban J connectivity index is 1.74. The molecule has 120 valence electrons. The maximum absolute atomic E-state index is 12.2. The zero-order valence-electron chi connectivity index (χ0n) is 13.1. The predicted octanol–water partition coefficient (Wildman–Crippen LogP) is 1.27. The van der Waals surface area contributed by atoms with Crippen LogP contribution in [0.5, 0.6) is 0 Å². The Bertz CT molecular complexity index is 367. The standard InChI is InChI=1S/C16H29N3O2/c1-12(13-6-5-7-14(17)10-13)16(21)18-11-15(20)19-8-3-2-4-9-19/h12-14H,2-11,17H2,1H3,(H,18,21). The largest absolute Gasteiger partial charge is 0.347 e. The number of nitrogens with zero attached hydrogens (tertiary/aromatic N) is 1. The summed E-state index contributed by atoms with van der Waals surface area (Å²) in [5, 5.41) is 2.82. The minimum absolute atomic E-state index is 0.000501. The molecule has 0 bridgehead atoms. The first-order valence-corrected chi connectivity index (χ1v) is 8.39. The average Bonchev–Trinajstić information content (AvgIpc) is 2.52. The summed E-state index contributed by atoms with van der Waals surface area (Å²) < 4.78 is 0. The van der Waals surface area contributed by atoms with Gasteiger partial charge in [-0.2, -0.15) is 0 Å². The van der Waals surface area contributed by atoms with Crippen LogP contribution in [0.3, 0.4) is 0 Å². The summed E-state index contributed by atoms with van der Waals surface area (Å²) in [5.41, 5.74) is 5.99. The van der Waals surface area contributed by atoms with Gasteiger partial charge >= 0.3 is 0 Å². The molecule has 3 N–H and O–H groups in total. The molecule has 2 fully saturated rings. The second kappa shape index (κ2) is 7.78. The summed E-state index contributed by atoms with van der Waals surface area (Å²) in [5.74, 6) is 0.361. The minimum Gasteiger partial charge on any atom is -0.347 e. The van der Waals surface area contributed by atoms with Crippen LogP contribution in [0.15, 0.2) is 0 Å². The van der Waals surface area contributed by atoms with Crippen LogP contribution in [0.1, 0.15) is 51.9 Å². The monoisotopic (exact) mass is 295 g/mol. The Hall–Kier alpha value is -1.10. The second-order valence-corrected chi connectivity index (χ2v) is 6.63. The van der Waals surface area contributed by atoms with Crippen molar-refractivity contribution in [3.8, 4) is 0 Å². The van der Waals surface area contributed by atoms with E-state index in [-0.39, 0.29) is 30.3 Å². The first-order valence-electron chi connectivity index (χ1n) is 8.39. The predicted molar refractivity (Wildman–Crippen MR) is 82.5 cm³/mol. The fourth-order valence-corrected chi connectivity index (χ4v) is 3.51. The Kier molecular flexibility index (Phi) is 6.03. The molecule has 1 saturated carbocycles. The van der Waals surface area contributed by atoms with Crippen molar-refractivity contribution < 1.29 is 9.59 Å². The molecular formula is C16H29N3O2. The number of nitrogens with two attached hydrogens (primary N) is 1. The molecule has 2 amide bonds. The van der Waals surface area contributed by atoms with Gasteiger partial charge < -0.3 is 16.0 Å². The first-order chi connectivity index (χ1) is 10.1. The van der Waals surface area contributed by atoms with E-state index >= 15 is 0 Å². The van der Waals surface area contributed by atoms with Gasteiger partial charge in [0.2, 0.25) is 11.8 Å². The molecular weight excluding hydrogens is 266 g/mol. The van der Waals surface area contributed by atoms with Gasteiger partial charge in [-0.1, -0.05) is 13.3 Å². The fraction of sp³-hybridized carbons (Fsp3) is 0.875. The summed E-state index contributed by atoms with van der Waals surface area (Å²) in [4.78, 5) is 26.1. The lowest BCUT2D eigenvalue weighted by atomic mass is 9.78. The number of carbonyl (C=O) groups is 2. The quantitative estimate of drug-likeness (QED) is 0.820. The summed E-state index contributed by atoms with van der Waals surface area (Å²) in [7, 11) is 0. The molecule has 0 aromatic carbocycles. The summed E-state index contributed by atoms with van der Waals surface area (Å²) in [6.45, 7) is 3.77. The van der Waals surface area contributed by atoms with Crippen LogP contribution in [0, 0.1) is 11.8 Å². The lowest BCUT2D eigenvalue weighted by molar-refractivity contribution is -0.135. The highest BCUT2D eigenvalue weighted by molar-refractivity contribution is 5.85. The number of carbonyl (C=O) groups excluding carboxylic acids is 2. The first kappa shape index (κ1) is 16.3. The number of hydrogen-bond acceptors (Lipinski definition) is 3. The van der Waals surface area contributed by atoms with Gasteiger partial charge in [-0.25, -0.2) is 0 Å². The average molecular weight is 295 g/mol. The molecule has 5 nitrogen and oxygen atoms in total. The lowest BCUT2D eigenvalue weighted by Gasteiger charge is -2.31. The van der Waals surface area contributed by atoms with E-state index in [0.717, 1.165) is 51.6 Å². The molecule has 5 heteroatoms. The summed E-state index contributed by atoms with van der Waals surface area (Å²) in [6.07, 6.45) is 7.53. The van der Waals surface area contributed by atoms with Crippen molar-refractivity contribution in [1.29, 1.82) is 0 Å². The molecule has 0 radical (unpaired) electrons. The number of likely N-dealkylation sites (tertiary alicyclic amines) is 1. The van der Waals surface area contributed by atoms with Gasteiger partial charge in [0.05, 0.1) is 6.54 Å². The smallest absolute Gasteiger partial charge is 0.241 e. The Morgan fingerprint density at radius 1 is 1.19 bits per heavy atom. The molecule has 1 saturated heterocycles. The molecule has 3 unspecified atom stereocenters. The van der Waals surface area contributed by atoms with E-state index in [1.807, 2.05) is 11.8 Å². The van der Waals surface area contributed by atoms with Crippen LogP contribution in [0.2, 0.25) is 0 Å². The number of nitrogens with one attached hydrogen (secondary N) is 1. The molecule has 2 aliphatic rings. The van der Waals surface area contributed by atoms with Gasteiger partial charge in [0.1, 0.15) is 0 Å². The van der Waals surface area contributed by atoms with Crippen molar-refractivity contribution in [2.75, 3.05) is 19.6 Å². The highest BCUT2D eigenvalue weighted by atomic mass is 16.2. The fourth-order valence-electron chi connectivity index (χ4n) is 3.51. The van der Waals surface area contributed by atoms with Crippen molar-refractivity contribution >= 4 is 11.8 Å². The van der Waals surface area contributed by atoms with Gasteiger partial charge in [0, 0.05) is 25.0 Å². The second-order valence-electron chi connectivity index (χ2n) is 6.63. The van der Waals surface area contributed by atoms with Crippen LogP contribution in [0.4, 0.5) is 0 Å². The van der Waals surface area contributed by atoms with Crippen molar-refractivity contribution in [3.05, 3.63) is 0 Å². The van der Waals surface area contributed by atoms with Crippen LogP contribution in [-0.4, -0.2) is 42.4 Å². The van der Waals surface area contributed by atoms with E-state index in [0.29, 0.717) is 5.92 Å². The van der Waals surface area contributed by atoms with E-state index in [2.05, 4.69) is 5.32 Å². The normalized spacial score (nSPS) is 28.0. The van der Waals surface area contributed by atoms with Gasteiger partial charge in [-0.15, -0.1) is 0 Å². The van der Waals surface area contributed by atoms with E-state index in [9.17, 15) is 9.59 Å². The topological polar surface area (TPSA) is 75.4 Å². The van der Waals surface area contributed by atoms with Crippen molar-refractivity contribution in [2.45, 2.75) is 57.9 Å². The Labute approximate surface area is 127 Å². The molecule has 0 aromatic rings. The number of rotatable bonds is 4. The Morgan fingerprint density at radius 3 is 2.57 bits per heavy atom. The van der Waals surface area contributed by atoms with E-state index in [4.69, 9.17) is 5.73 Å². The molecule has 0 spiro atoms. The van der Waals surface area contributed by atoms with E-state index in [1.54, 1.807) is 0 Å². The van der Waals surface area contributed by atoms with Crippen molar-refractivity contribution in [3.63, 3.8) is 0 Å². The molecule has 1 heterocycles. The number of hydrogen-bond donors (Lipinski definition) is 2. The van der Waals surface area contributed by atoms with Gasteiger partial charge in [0.15, 0.2) is 0 Å². The number of amides is 2. The van der Waals surface area contributed by atoms with Crippen LogP contribution in [0.25, 0.3) is 0 Å². The maximum Gasteiger partial charge on any atom is 0.241 e. The maximum atomic E-state index is 12.2. The Morgan fingerprint density at radius 2 is 1.90 bits per heavy atom. The number of piperidine rings is 1. The van der Waals surface area contributed by atoms with Crippen molar-refractivity contribution in [2.24, 2.45) is 17.6 Å². The molecule has 0 aromatic heterocycles. The summed E-state index contributed by atoms with van der Waals surface area (Å²) >= 11 is 0. The lowest BCUT2D eigenvalue weighted by Crippen LogP contribution is -2.45. The molecule has 3 atom stereocenters. The third-order valence-corrected chi connectivity index (χ3v) is 5.00. The van der Waals surface area contributed by atoms with Crippen LogP contribution < -0.4 is 11.1 Å². The van der Waals surface area contributed by atoms with E-state index < -0.39 is 0 Å². The van der Waals surface area contributed by atoms with Crippen molar-refractivity contribution in [1.82, 2.24) is 10.2 Å². The van der Waals surface area contributed by atoms with E-state index in [1.165, 1.54) is 6.42 Å². The highest BCUT2D eigenvalue weighted by Crippen LogP contribution is 2.29.